The number of fused-ring (bicyclic) bond motifs is 2. The summed E-state index contributed by atoms with van der Waals surface area (Å²) in [6.45, 7) is 1.67. The predicted molar refractivity (Wildman–Crippen MR) is 80.0 cm³/mol. The summed E-state index contributed by atoms with van der Waals surface area (Å²) in [5, 5.41) is 13.8. The second-order valence-electron chi connectivity index (χ2n) is 6.39. The quantitative estimate of drug-likeness (QED) is 0.678. The largest absolute Gasteiger partial charge is 0.326 e. The van der Waals surface area contributed by atoms with E-state index < -0.39 is 4.92 Å². The lowest BCUT2D eigenvalue weighted by Gasteiger charge is -2.21. The van der Waals surface area contributed by atoms with Gasteiger partial charge in [-0.3, -0.25) is 14.9 Å². The molecule has 2 bridgehead atoms. The highest BCUT2D eigenvalue weighted by atomic mass is 16.6. The SMILES string of the molecule is Cc1c(NC(=O)C[C@@H]2C[C@@H]3CC[C@@H]2C3)cccc1[N+](=O)[O-]. The molecule has 0 saturated heterocycles. The van der Waals surface area contributed by atoms with Crippen LogP contribution in [0, 0.1) is 34.8 Å². The maximum atomic E-state index is 12.2. The van der Waals surface area contributed by atoms with Crippen LogP contribution in [0.25, 0.3) is 0 Å². The minimum absolute atomic E-state index is 0.0175. The summed E-state index contributed by atoms with van der Waals surface area (Å²) in [4.78, 5) is 22.7. The molecule has 2 aliphatic rings. The van der Waals surface area contributed by atoms with Gasteiger partial charge in [0.2, 0.25) is 5.91 Å². The Balaban J connectivity index is 1.65. The molecular weight excluding hydrogens is 268 g/mol. The van der Waals surface area contributed by atoms with Gasteiger partial charge in [0.15, 0.2) is 0 Å². The van der Waals surface area contributed by atoms with Gasteiger partial charge >= 0.3 is 0 Å². The van der Waals surface area contributed by atoms with Gasteiger partial charge in [-0.1, -0.05) is 12.5 Å². The monoisotopic (exact) mass is 288 g/mol. The van der Waals surface area contributed by atoms with Crippen molar-refractivity contribution in [3.05, 3.63) is 33.9 Å². The van der Waals surface area contributed by atoms with E-state index in [1.165, 1.54) is 31.7 Å². The van der Waals surface area contributed by atoms with Crippen LogP contribution < -0.4 is 5.32 Å². The van der Waals surface area contributed by atoms with E-state index in [1.54, 1.807) is 19.1 Å². The number of nitro benzene ring substituents is 1. The molecule has 0 aromatic heterocycles. The zero-order valence-corrected chi connectivity index (χ0v) is 12.2. The van der Waals surface area contributed by atoms with Crippen LogP contribution in [0.5, 0.6) is 0 Å². The molecule has 0 unspecified atom stereocenters. The molecule has 1 amide bonds. The van der Waals surface area contributed by atoms with E-state index in [0.717, 1.165) is 5.92 Å². The smallest absolute Gasteiger partial charge is 0.274 e. The highest BCUT2D eigenvalue weighted by Crippen LogP contribution is 2.49. The first-order valence-corrected chi connectivity index (χ1v) is 7.58. The number of nitro groups is 1. The molecule has 1 aromatic rings. The summed E-state index contributed by atoms with van der Waals surface area (Å²) in [7, 11) is 0. The van der Waals surface area contributed by atoms with Gasteiger partial charge in [-0.2, -0.15) is 0 Å². The fraction of sp³-hybridized carbons (Fsp3) is 0.562. The van der Waals surface area contributed by atoms with Crippen LogP contribution in [0.15, 0.2) is 18.2 Å². The number of rotatable bonds is 4. The molecule has 0 aliphatic heterocycles. The predicted octanol–water partition coefficient (Wildman–Crippen LogP) is 3.67. The van der Waals surface area contributed by atoms with E-state index in [-0.39, 0.29) is 11.6 Å². The van der Waals surface area contributed by atoms with Crippen molar-refractivity contribution >= 4 is 17.3 Å². The molecule has 0 radical (unpaired) electrons. The zero-order valence-electron chi connectivity index (χ0n) is 12.2. The van der Waals surface area contributed by atoms with Gasteiger partial charge in [-0.15, -0.1) is 0 Å². The topological polar surface area (TPSA) is 72.2 Å². The fourth-order valence-electron chi connectivity index (χ4n) is 4.02. The van der Waals surface area contributed by atoms with Gasteiger partial charge < -0.3 is 5.32 Å². The third-order valence-corrected chi connectivity index (χ3v) is 5.11. The second-order valence-corrected chi connectivity index (χ2v) is 6.39. The summed E-state index contributed by atoms with van der Waals surface area (Å²) in [5.74, 6) is 2.03. The van der Waals surface area contributed by atoms with Crippen molar-refractivity contribution < 1.29 is 9.72 Å². The Morgan fingerprint density at radius 1 is 1.38 bits per heavy atom. The number of hydrogen-bond donors (Lipinski definition) is 1. The van der Waals surface area contributed by atoms with Crippen LogP contribution in [0.4, 0.5) is 11.4 Å². The molecule has 3 atom stereocenters. The third-order valence-electron chi connectivity index (χ3n) is 5.11. The number of amides is 1. The lowest BCUT2D eigenvalue weighted by Crippen LogP contribution is -2.20. The van der Waals surface area contributed by atoms with Crippen LogP contribution >= 0.6 is 0 Å². The molecule has 21 heavy (non-hydrogen) atoms. The van der Waals surface area contributed by atoms with Gasteiger partial charge in [-0.05, 0) is 50.0 Å². The molecule has 2 saturated carbocycles. The Morgan fingerprint density at radius 2 is 2.19 bits per heavy atom. The maximum Gasteiger partial charge on any atom is 0.274 e. The highest BCUT2D eigenvalue weighted by molar-refractivity contribution is 5.92. The average Bonchev–Trinajstić information content (AvgIpc) is 3.03. The van der Waals surface area contributed by atoms with Crippen molar-refractivity contribution in [1.29, 1.82) is 0 Å². The molecule has 0 spiro atoms. The van der Waals surface area contributed by atoms with Gasteiger partial charge in [0, 0.05) is 12.5 Å². The van der Waals surface area contributed by atoms with Crippen molar-refractivity contribution in [3.63, 3.8) is 0 Å². The molecule has 3 rings (SSSR count). The van der Waals surface area contributed by atoms with Crippen molar-refractivity contribution in [2.75, 3.05) is 5.32 Å². The minimum Gasteiger partial charge on any atom is -0.326 e. The lowest BCUT2D eigenvalue weighted by molar-refractivity contribution is -0.385. The first kappa shape index (κ1) is 14.0. The lowest BCUT2D eigenvalue weighted by atomic mass is 9.86. The summed E-state index contributed by atoms with van der Waals surface area (Å²) < 4.78 is 0. The number of carbonyl (C=O) groups is 1. The first-order valence-electron chi connectivity index (χ1n) is 7.58. The van der Waals surface area contributed by atoms with E-state index in [0.29, 0.717) is 29.5 Å². The molecule has 1 N–H and O–H groups in total. The summed E-state index contributed by atoms with van der Waals surface area (Å²) in [5.41, 5.74) is 1.12. The Morgan fingerprint density at radius 3 is 2.81 bits per heavy atom. The van der Waals surface area contributed by atoms with Crippen molar-refractivity contribution in [2.24, 2.45) is 17.8 Å². The molecule has 5 heteroatoms. The number of nitrogens with one attached hydrogen (secondary N) is 1. The number of nitrogens with zero attached hydrogens (tertiary/aromatic N) is 1. The van der Waals surface area contributed by atoms with Crippen LogP contribution in [0.2, 0.25) is 0 Å². The first-order chi connectivity index (χ1) is 10.0. The molecule has 2 aliphatic carbocycles. The molecule has 112 valence electrons. The number of benzene rings is 1. The summed E-state index contributed by atoms with van der Waals surface area (Å²) in [6, 6.07) is 4.79. The number of hydrogen-bond acceptors (Lipinski definition) is 3. The molecule has 1 aromatic carbocycles. The Hall–Kier alpha value is -1.91. The highest BCUT2D eigenvalue weighted by Gasteiger charge is 2.40. The molecule has 0 heterocycles. The van der Waals surface area contributed by atoms with E-state index in [1.807, 2.05) is 0 Å². The van der Waals surface area contributed by atoms with E-state index in [9.17, 15) is 14.9 Å². The van der Waals surface area contributed by atoms with E-state index in [2.05, 4.69) is 5.32 Å². The Bertz CT molecular complexity index is 585. The molecule has 5 nitrogen and oxygen atoms in total. The summed E-state index contributed by atoms with van der Waals surface area (Å²) >= 11 is 0. The van der Waals surface area contributed by atoms with E-state index in [4.69, 9.17) is 0 Å². The van der Waals surface area contributed by atoms with Crippen LogP contribution in [-0.2, 0) is 4.79 Å². The standard InChI is InChI=1S/C16H20N2O3/c1-10-14(3-2-4-15(10)18(20)21)17-16(19)9-13-8-11-5-6-12(13)7-11/h2-4,11-13H,5-9H2,1H3,(H,17,19)/t11-,12-,13+/m1/s1. The number of carbonyl (C=O) groups excluding carboxylic acids is 1. The minimum atomic E-state index is -0.416. The van der Waals surface area contributed by atoms with Gasteiger partial charge in [-0.25, -0.2) is 0 Å². The molecular formula is C16H20N2O3. The van der Waals surface area contributed by atoms with Gasteiger partial charge in [0.05, 0.1) is 16.2 Å². The Kier molecular flexibility index (Phi) is 3.66. The third kappa shape index (κ3) is 2.77. The number of anilines is 1. The maximum absolute atomic E-state index is 12.2. The van der Waals surface area contributed by atoms with Crippen molar-refractivity contribution in [1.82, 2.24) is 0 Å². The second kappa shape index (κ2) is 5.47. The molecule has 2 fully saturated rings. The van der Waals surface area contributed by atoms with Gasteiger partial charge in [0.1, 0.15) is 0 Å². The summed E-state index contributed by atoms with van der Waals surface area (Å²) in [6.07, 6.45) is 5.59. The van der Waals surface area contributed by atoms with Crippen molar-refractivity contribution in [2.45, 2.75) is 39.0 Å². The normalized spacial score (nSPS) is 26.8. The van der Waals surface area contributed by atoms with Crippen LogP contribution in [0.3, 0.4) is 0 Å². The van der Waals surface area contributed by atoms with E-state index >= 15 is 0 Å². The van der Waals surface area contributed by atoms with Gasteiger partial charge in [0.25, 0.3) is 5.69 Å². The Labute approximate surface area is 123 Å². The van der Waals surface area contributed by atoms with Crippen molar-refractivity contribution in [3.8, 4) is 0 Å². The zero-order chi connectivity index (χ0) is 15.0. The van der Waals surface area contributed by atoms with Crippen LogP contribution in [0.1, 0.15) is 37.7 Å². The average molecular weight is 288 g/mol. The fourth-order valence-corrected chi connectivity index (χ4v) is 4.02. The van der Waals surface area contributed by atoms with Crippen LogP contribution in [-0.4, -0.2) is 10.8 Å².